The van der Waals surface area contributed by atoms with Gasteiger partial charge in [0.25, 0.3) is 0 Å². The number of thiophene rings is 1. The number of aromatic nitrogens is 2. The molecule has 0 saturated carbocycles. The van der Waals surface area contributed by atoms with Gasteiger partial charge in [0, 0.05) is 5.39 Å². The minimum absolute atomic E-state index is 0.571. The fraction of sp³-hybridized carbons (Fsp3) is 0.300. The zero-order chi connectivity index (χ0) is 11.1. The number of aliphatic carboxylic acids is 1. The van der Waals surface area contributed by atoms with Gasteiger partial charge in [-0.2, -0.15) is 0 Å². The second-order valence-electron chi connectivity index (χ2n) is 3.79. The molecule has 1 N–H and O–H groups in total. The highest BCUT2D eigenvalue weighted by Gasteiger charge is 2.32. The van der Waals surface area contributed by atoms with E-state index in [0.717, 1.165) is 10.2 Å². The van der Waals surface area contributed by atoms with Gasteiger partial charge >= 0.3 is 5.97 Å². The van der Waals surface area contributed by atoms with Crippen LogP contribution in [0, 0.1) is 0 Å². The van der Waals surface area contributed by atoms with Crippen molar-refractivity contribution in [2.75, 3.05) is 0 Å². The van der Waals surface area contributed by atoms with Crippen LogP contribution in [0.15, 0.2) is 17.8 Å². The van der Waals surface area contributed by atoms with Crippen molar-refractivity contribution in [2.45, 2.75) is 19.3 Å². The number of hydrogen-bond acceptors (Lipinski definition) is 4. The van der Waals surface area contributed by atoms with E-state index >= 15 is 0 Å². The Kier molecular flexibility index (Phi) is 2.19. The Labute approximate surface area is 90.6 Å². The Balaban J connectivity index is 2.71. The average molecular weight is 222 g/mol. The molecule has 4 nitrogen and oxygen atoms in total. The van der Waals surface area contributed by atoms with Crippen molar-refractivity contribution >= 4 is 27.5 Å². The van der Waals surface area contributed by atoms with Gasteiger partial charge in [-0.15, -0.1) is 11.3 Å². The van der Waals surface area contributed by atoms with E-state index in [2.05, 4.69) is 9.97 Å². The lowest BCUT2D eigenvalue weighted by molar-refractivity contribution is -0.142. The SMILES string of the molecule is CC(C)(C(=O)O)c1ncnc2sccc12. The third-order valence-corrected chi connectivity index (χ3v) is 3.21. The molecule has 0 spiro atoms. The summed E-state index contributed by atoms with van der Waals surface area (Å²) in [5.74, 6) is -0.881. The number of nitrogens with zero attached hydrogens (tertiary/aromatic N) is 2. The largest absolute Gasteiger partial charge is 0.481 e. The van der Waals surface area contributed by atoms with Gasteiger partial charge < -0.3 is 5.11 Å². The van der Waals surface area contributed by atoms with Crippen LogP contribution in [0.1, 0.15) is 19.5 Å². The molecule has 0 fully saturated rings. The molecule has 0 aliphatic carbocycles. The minimum Gasteiger partial charge on any atom is -0.481 e. The molecule has 0 radical (unpaired) electrons. The van der Waals surface area contributed by atoms with Crippen LogP contribution in [0.2, 0.25) is 0 Å². The van der Waals surface area contributed by atoms with Crippen molar-refractivity contribution in [3.63, 3.8) is 0 Å². The van der Waals surface area contributed by atoms with Gasteiger partial charge in [-0.05, 0) is 25.3 Å². The first-order valence-electron chi connectivity index (χ1n) is 4.45. The van der Waals surface area contributed by atoms with E-state index in [9.17, 15) is 4.79 Å². The van der Waals surface area contributed by atoms with Crippen LogP contribution in [-0.2, 0) is 10.2 Å². The predicted octanol–water partition coefficient (Wildman–Crippen LogP) is 2.05. The number of hydrogen-bond donors (Lipinski definition) is 1. The Morgan fingerprint density at radius 1 is 1.47 bits per heavy atom. The van der Waals surface area contributed by atoms with Gasteiger partial charge in [0.05, 0.1) is 5.69 Å². The number of carboxylic acid groups (broad SMARTS) is 1. The van der Waals surface area contributed by atoms with Crippen molar-refractivity contribution in [1.82, 2.24) is 9.97 Å². The van der Waals surface area contributed by atoms with Crippen molar-refractivity contribution in [3.8, 4) is 0 Å². The summed E-state index contributed by atoms with van der Waals surface area (Å²) in [5, 5.41) is 11.9. The molecular weight excluding hydrogens is 212 g/mol. The first-order valence-corrected chi connectivity index (χ1v) is 5.33. The topological polar surface area (TPSA) is 63.1 Å². The fourth-order valence-corrected chi connectivity index (χ4v) is 2.12. The van der Waals surface area contributed by atoms with Crippen molar-refractivity contribution in [1.29, 1.82) is 0 Å². The minimum atomic E-state index is -0.984. The summed E-state index contributed by atoms with van der Waals surface area (Å²) in [7, 11) is 0. The standard InChI is InChI=1S/C10H10N2O2S/c1-10(2,9(13)14)7-6-3-4-15-8(6)12-5-11-7/h3-5H,1-2H3,(H,13,14). The van der Waals surface area contributed by atoms with E-state index in [-0.39, 0.29) is 0 Å². The number of rotatable bonds is 2. The molecule has 78 valence electrons. The summed E-state index contributed by atoms with van der Waals surface area (Å²) < 4.78 is 0. The van der Waals surface area contributed by atoms with E-state index in [0.29, 0.717) is 5.69 Å². The zero-order valence-corrected chi connectivity index (χ0v) is 9.21. The van der Waals surface area contributed by atoms with Crippen molar-refractivity contribution in [2.24, 2.45) is 0 Å². The van der Waals surface area contributed by atoms with Crippen LogP contribution in [0.3, 0.4) is 0 Å². The summed E-state index contributed by atoms with van der Waals surface area (Å²) in [4.78, 5) is 20.1. The molecule has 2 heterocycles. The monoisotopic (exact) mass is 222 g/mol. The van der Waals surface area contributed by atoms with Crippen LogP contribution in [0.4, 0.5) is 0 Å². The van der Waals surface area contributed by atoms with Gasteiger partial charge in [-0.1, -0.05) is 0 Å². The van der Waals surface area contributed by atoms with Crippen molar-refractivity contribution < 1.29 is 9.90 Å². The second kappa shape index (κ2) is 3.27. The Bertz CT molecular complexity index is 519. The molecule has 0 aliphatic rings. The highest BCUT2D eigenvalue weighted by molar-refractivity contribution is 7.16. The van der Waals surface area contributed by atoms with Crippen molar-refractivity contribution in [3.05, 3.63) is 23.5 Å². The Morgan fingerprint density at radius 2 is 2.20 bits per heavy atom. The van der Waals surface area contributed by atoms with E-state index in [1.54, 1.807) is 13.8 Å². The van der Waals surface area contributed by atoms with E-state index in [1.165, 1.54) is 17.7 Å². The van der Waals surface area contributed by atoms with Gasteiger partial charge in [0.1, 0.15) is 16.6 Å². The molecule has 2 rings (SSSR count). The van der Waals surface area contributed by atoms with Gasteiger partial charge in [-0.3, -0.25) is 4.79 Å². The summed E-state index contributed by atoms with van der Waals surface area (Å²) in [5.41, 5.74) is -0.413. The number of fused-ring (bicyclic) bond motifs is 1. The molecule has 15 heavy (non-hydrogen) atoms. The lowest BCUT2D eigenvalue weighted by Crippen LogP contribution is -2.29. The lowest BCUT2D eigenvalue weighted by atomic mass is 9.88. The van der Waals surface area contributed by atoms with Gasteiger partial charge in [-0.25, -0.2) is 9.97 Å². The maximum Gasteiger partial charge on any atom is 0.315 e. The fourth-order valence-electron chi connectivity index (χ4n) is 1.39. The van der Waals surface area contributed by atoms with Crippen LogP contribution < -0.4 is 0 Å². The molecule has 0 amide bonds. The highest BCUT2D eigenvalue weighted by atomic mass is 32.1. The summed E-state index contributed by atoms with van der Waals surface area (Å²) in [6.07, 6.45) is 1.42. The Morgan fingerprint density at radius 3 is 2.87 bits per heavy atom. The average Bonchev–Trinajstić information content (AvgIpc) is 2.64. The number of carboxylic acids is 1. The molecule has 2 aromatic rings. The predicted molar refractivity (Wildman–Crippen MR) is 58.1 cm³/mol. The Hall–Kier alpha value is -1.49. The lowest BCUT2D eigenvalue weighted by Gasteiger charge is -2.18. The molecule has 0 atom stereocenters. The maximum absolute atomic E-state index is 11.1. The zero-order valence-electron chi connectivity index (χ0n) is 8.39. The third-order valence-electron chi connectivity index (χ3n) is 2.39. The molecule has 0 unspecified atom stereocenters. The second-order valence-corrected chi connectivity index (χ2v) is 4.69. The van der Waals surface area contributed by atoms with Crippen LogP contribution in [0.5, 0.6) is 0 Å². The molecule has 2 aromatic heterocycles. The first-order chi connectivity index (χ1) is 7.03. The summed E-state index contributed by atoms with van der Waals surface area (Å²) in [6.45, 7) is 3.30. The van der Waals surface area contributed by atoms with Gasteiger partial charge in [0.15, 0.2) is 0 Å². The maximum atomic E-state index is 11.1. The smallest absolute Gasteiger partial charge is 0.315 e. The van der Waals surface area contributed by atoms with E-state index < -0.39 is 11.4 Å². The van der Waals surface area contributed by atoms with E-state index in [4.69, 9.17) is 5.11 Å². The summed E-state index contributed by atoms with van der Waals surface area (Å²) >= 11 is 1.49. The molecule has 5 heteroatoms. The molecule has 0 saturated heterocycles. The highest BCUT2D eigenvalue weighted by Crippen LogP contribution is 2.29. The number of carbonyl (C=O) groups is 1. The van der Waals surface area contributed by atoms with Crippen LogP contribution in [-0.4, -0.2) is 21.0 Å². The normalized spacial score (nSPS) is 11.9. The third kappa shape index (κ3) is 1.48. The molecule has 0 bridgehead atoms. The van der Waals surface area contributed by atoms with E-state index in [1.807, 2.05) is 11.4 Å². The van der Waals surface area contributed by atoms with Gasteiger partial charge in [0.2, 0.25) is 0 Å². The summed E-state index contributed by atoms with van der Waals surface area (Å²) in [6, 6.07) is 1.86. The molecule has 0 aromatic carbocycles. The molecule has 0 aliphatic heterocycles. The quantitative estimate of drug-likeness (QED) is 0.844. The first kappa shape index (κ1) is 10.0. The molecular formula is C10H10N2O2S. The van der Waals surface area contributed by atoms with Crippen LogP contribution >= 0.6 is 11.3 Å². The van der Waals surface area contributed by atoms with Crippen LogP contribution in [0.25, 0.3) is 10.2 Å².